The third kappa shape index (κ3) is 3.86. The molecule has 0 radical (unpaired) electrons. The molecule has 1 aromatic rings. The quantitative estimate of drug-likeness (QED) is 0.802. The van der Waals surface area contributed by atoms with Crippen LogP contribution < -0.4 is 0 Å². The molecule has 0 spiro atoms. The molecule has 0 amide bonds. The SMILES string of the molecule is CCC(=Cc1ccc(COC)cc1)CO. The summed E-state index contributed by atoms with van der Waals surface area (Å²) in [7, 11) is 1.69. The number of hydrogen-bond acceptors (Lipinski definition) is 2. The average molecular weight is 206 g/mol. The Kier molecular flexibility index (Phi) is 5.08. The topological polar surface area (TPSA) is 29.5 Å². The Balaban J connectivity index is 2.75. The van der Waals surface area contributed by atoms with Crippen molar-refractivity contribution in [1.82, 2.24) is 0 Å². The fraction of sp³-hybridized carbons (Fsp3) is 0.385. The molecule has 0 heterocycles. The first-order valence-corrected chi connectivity index (χ1v) is 5.18. The van der Waals surface area contributed by atoms with Gasteiger partial charge in [-0.2, -0.15) is 0 Å². The maximum Gasteiger partial charge on any atom is 0.0713 e. The Morgan fingerprint density at radius 3 is 2.47 bits per heavy atom. The molecule has 0 saturated carbocycles. The minimum atomic E-state index is 0.135. The predicted octanol–water partition coefficient (Wildman–Crippen LogP) is 2.62. The summed E-state index contributed by atoms with van der Waals surface area (Å²) in [6.07, 6.45) is 2.91. The van der Waals surface area contributed by atoms with Gasteiger partial charge in [-0.1, -0.05) is 37.3 Å². The highest BCUT2D eigenvalue weighted by atomic mass is 16.5. The van der Waals surface area contributed by atoms with Crippen LogP contribution in [0.1, 0.15) is 24.5 Å². The molecule has 82 valence electrons. The fourth-order valence-corrected chi connectivity index (χ4v) is 1.37. The molecular weight excluding hydrogens is 188 g/mol. The lowest BCUT2D eigenvalue weighted by atomic mass is 10.1. The molecule has 0 saturated heterocycles. The maximum atomic E-state index is 9.04. The highest BCUT2D eigenvalue weighted by molar-refractivity contribution is 5.53. The van der Waals surface area contributed by atoms with E-state index in [2.05, 4.69) is 0 Å². The molecule has 2 nitrogen and oxygen atoms in total. The molecule has 0 unspecified atom stereocenters. The van der Waals surface area contributed by atoms with Crippen LogP contribution in [0.15, 0.2) is 29.8 Å². The number of hydrogen-bond donors (Lipinski definition) is 1. The van der Waals surface area contributed by atoms with Crippen molar-refractivity contribution < 1.29 is 9.84 Å². The second-order valence-electron chi connectivity index (χ2n) is 3.49. The van der Waals surface area contributed by atoms with Gasteiger partial charge >= 0.3 is 0 Å². The van der Waals surface area contributed by atoms with Gasteiger partial charge in [0.25, 0.3) is 0 Å². The van der Waals surface area contributed by atoms with E-state index in [1.807, 2.05) is 37.3 Å². The largest absolute Gasteiger partial charge is 0.392 e. The van der Waals surface area contributed by atoms with E-state index in [1.54, 1.807) is 7.11 Å². The van der Waals surface area contributed by atoms with Crippen LogP contribution in [0.2, 0.25) is 0 Å². The summed E-state index contributed by atoms with van der Waals surface area (Å²) in [4.78, 5) is 0. The summed E-state index contributed by atoms with van der Waals surface area (Å²) in [5.74, 6) is 0. The smallest absolute Gasteiger partial charge is 0.0713 e. The normalized spacial score (nSPS) is 11.8. The van der Waals surface area contributed by atoms with Crippen molar-refractivity contribution >= 4 is 6.08 Å². The van der Waals surface area contributed by atoms with Gasteiger partial charge in [-0.25, -0.2) is 0 Å². The monoisotopic (exact) mass is 206 g/mol. The summed E-state index contributed by atoms with van der Waals surface area (Å²) in [5.41, 5.74) is 3.34. The van der Waals surface area contributed by atoms with Crippen LogP contribution in [0.25, 0.3) is 6.08 Å². The average Bonchev–Trinajstić information content (AvgIpc) is 2.28. The van der Waals surface area contributed by atoms with Gasteiger partial charge in [0.2, 0.25) is 0 Å². The van der Waals surface area contributed by atoms with Crippen LogP contribution in [-0.2, 0) is 11.3 Å². The highest BCUT2D eigenvalue weighted by Crippen LogP contribution is 2.11. The second-order valence-corrected chi connectivity index (χ2v) is 3.49. The first-order chi connectivity index (χ1) is 7.30. The molecule has 1 N–H and O–H groups in total. The van der Waals surface area contributed by atoms with Gasteiger partial charge in [0.05, 0.1) is 13.2 Å². The van der Waals surface area contributed by atoms with Crippen LogP contribution in [0, 0.1) is 0 Å². The van der Waals surface area contributed by atoms with Gasteiger partial charge in [0.1, 0.15) is 0 Å². The predicted molar refractivity (Wildman–Crippen MR) is 62.5 cm³/mol. The van der Waals surface area contributed by atoms with Gasteiger partial charge < -0.3 is 9.84 Å². The third-order valence-corrected chi connectivity index (χ3v) is 2.32. The lowest BCUT2D eigenvalue weighted by molar-refractivity contribution is 0.185. The van der Waals surface area contributed by atoms with E-state index in [1.165, 1.54) is 0 Å². The first kappa shape index (κ1) is 12.0. The van der Waals surface area contributed by atoms with Gasteiger partial charge in [0.15, 0.2) is 0 Å². The summed E-state index contributed by atoms with van der Waals surface area (Å²) in [5, 5.41) is 9.04. The van der Waals surface area contributed by atoms with Crippen LogP contribution in [0.4, 0.5) is 0 Å². The zero-order valence-corrected chi connectivity index (χ0v) is 9.36. The summed E-state index contributed by atoms with van der Waals surface area (Å²) in [6, 6.07) is 8.17. The molecule has 1 rings (SSSR count). The number of aliphatic hydroxyl groups is 1. The molecule has 1 aromatic carbocycles. The molecular formula is C13H18O2. The van der Waals surface area contributed by atoms with E-state index in [0.29, 0.717) is 6.61 Å². The van der Waals surface area contributed by atoms with Crippen molar-refractivity contribution in [3.05, 3.63) is 41.0 Å². The second kappa shape index (κ2) is 6.38. The Morgan fingerprint density at radius 2 is 2.00 bits per heavy atom. The molecule has 0 fully saturated rings. The zero-order valence-electron chi connectivity index (χ0n) is 9.36. The number of benzene rings is 1. The minimum absolute atomic E-state index is 0.135. The molecule has 15 heavy (non-hydrogen) atoms. The van der Waals surface area contributed by atoms with Gasteiger partial charge in [0, 0.05) is 7.11 Å². The van der Waals surface area contributed by atoms with E-state index in [4.69, 9.17) is 9.84 Å². The Labute approximate surface area is 91.2 Å². The minimum Gasteiger partial charge on any atom is -0.392 e. The molecule has 0 aromatic heterocycles. The Hall–Kier alpha value is -1.12. The molecule has 0 aliphatic carbocycles. The zero-order chi connectivity index (χ0) is 11.1. The molecule has 0 bridgehead atoms. The standard InChI is InChI=1S/C13H18O2/c1-3-11(9-14)8-12-4-6-13(7-5-12)10-15-2/h4-8,14H,3,9-10H2,1-2H3. The molecule has 0 aliphatic heterocycles. The Morgan fingerprint density at radius 1 is 1.33 bits per heavy atom. The number of ether oxygens (including phenoxy) is 1. The summed E-state index contributed by atoms with van der Waals surface area (Å²) >= 11 is 0. The van der Waals surface area contributed by atoms with Crippen molar-refractivity contribution in [2.24, 2.45) is 0 Å². The summed E-state index contributed by atoms with van der Waals surface area (Å²) < 4.78 is 5.04. The molecule has 0 atom stereocenters. The van der Waals surface area contributed by atoms with Crippen LogP contribution >= 0.6 is 0 Å². The number of rotatable bonds is 5. The van der Waals surface area contributed by atoms with E-state index < -0.39 is 0 Å². The van der Waals surface area contributed by atoms with Crippen LogP contribution in [0.3, 0.4) is 0 Å². The highest BCUT2D eigenvalue weighted by Gasteiger charge is 1.94. The molecule has 0 aliphatic rings. The van der Waals surface area contributed by atoms with Gasteiger partial charge in [-0.15, -0.1) is 0 Å². The van der Waals surface area contributed by atoms with Crippen LogP contribution in [0.5, 0.6) is 0 Å². The molecule has 2 heteroatoms. The van der Waals surface area contributed by atoms with Crippen molar-refractivity contribution in [3.63, 3.8) is 0 Å². The Bertz CT molecular complexity index is 306. The summed E-state index contributed by atoms with van der Waals surface area (Å²) in [6.45, 7) is 2.82. The van der Waals surface area contributed by atoms with E-state index in [0.717, 1.165) is 23.1 Å². The van der Waals surface area contributed by atoms with Crippen molar-refractivity contribution in [2.45, 2.75) is 20.0 Å². The lowest BCUT2D eigenvalue weighted by Crippen LogP contribution is -1.89. The number of methoxy groups -OCH3 is 1. The van der Waals surface area contributed by atoms with Crippen molar-refractivity contribution in [3.8, 4) is 0 Å². The van der Waals surface area contributed by atoms with Crippen molar-refractivity contribution in [2.75, 3.05) is 13.7 Å². The third-order valence-electron chi connectivity index (χ3n) is 2.32. The van der Waals surface area contributed by atoms with E-state index in [9.17, 15) is 0 Å². The van der Waals surface area contributed by atoms with Gasteiger partial charge in [-0.05, 0) is 23.1 Å². The van der Waals surface area contributed by atoms with Crippen molar-refractivity contribution in [1.29, 1.82) is 0 Å². The fourth-order valence-electron chi connectivity index (χ4n) is 1.37. The van der Waals surface area contributed by atoms with E-state index >= 15 is 0 Å². The maximum absolute atomic E-state index is 9.04. The van der Waals surface area contributed by atoms with Crippen LogP contribution in [-0.4, -0.2) is 18.8 Å². The first-order valence-electron chi connectivity index (χ1n) is 5.18. The van der Waals surface area contributed by atoms with E-state index in [-0.39, 0.29) is 6.61 Å². The van der Waals surface area contributed by atoms with Gasteiger partial charge in [-0.3, -0.25) is 0 Å². The lowest BCUT2D eigenvalue weighted by Gasteiger charge is -2.02. The number of aliphatic hydroxyl groups excluding tert-OH is 1.